The number of hydrogen-bond donors (Lipinski definition) is 0. The van der Waals surface area contributed by atoms with Gasteiger partial charge in [-0.2, -0.15) is 0 Å². The van der Waals surface area contributed by atoms with Crippen molar-refractivity contribution in [2.45, 2.75) is 20.1 Å². The highest BCUT2D eigenvalue weighted by Gasteiger charge is 2.19. The molecule has 0 amide bonds. The first-order valence-electron chi connectivity index (χ1n) is 8.05. The molecule has 0 spiro atoms. The number of nitrogens with zero attached hydrogens (tertiary/aromatic N) is 4. The van der Waals surface area contributed by atoms with Gasteiger partial charge in [0.25, 0.3) is 4.84 Å². The summed E-state index contributed by atoms with van der Waals surface area (Å²) in [6.07, 6.45) is 0. The highest BCUT2D eigenvalue weighted by atomic mass is 32.1. The average molecular weight is 348 g/mol. The molecule has 3 heterocycles. The third-order valence-electron chi connectivity index (χ3n) is 4.35. The number of fused-ring (bicyclic) bond motifs is 1. The Kier molecular flexibility index (Phi) is 4.26. The highest BCUT2D eigenvalue weighted by Crippen LogP contribution is 2.32. The molecular weight excluding hydrogens is 328 g/mol. The normalized spacial score (nSPS) is 18.2. The molecule has 128 valence electrons. The van der Waals surface area contributed by atoms with Gasteiger partial charge in [-0.15, -0.1) is 5.10 Å². The first-order chi connectivity index (χ1) is 11.7. The lowest BCUT2D eigenvalue weighted by Crippen LogP contribution is -2.46. The van der Waals surface area contributed by atoms with Crippen LogP contribution in [0, 0.1) is 11.8 Å². The fraction of sp³-hybridized carbons (Fsp3) is 0.500. The van der Waals surface area contributed by atoms with E-state index >= 15 is 0 Å². The van der Waals surface area contributed by atoms with Gasteiger partial charge in [0.2, 0.25) is 12.7 Å². The summed E-state index contributed by atoms with van der Waals surface area (Å²) in [7, 11) is 0. The molecule has 2 aliphatic heterocycles. The minimum atomic E-state index is 0.321. The van der Waals surface area contributed by atoms with Crippen LogP contribution < -0.4 is 9.47 Å². The van der Waals surface area contributed by atoms with Crippen molar-refractivity contribution in [2.75, 3.05) is 33.0 Å². The smallest absolute Gasteiger partial charge is 0.288 e. The topological polar surface area (TPSA) is 55.9 Å². The molecule has 1 saturated heterocycles. The lowest BCUT2D eigenvalue weighted by Gasteiger charge is -2.34. The second kappa shape index (κ2) is 6.54. The van der Waals surface area contributed by atoms with Crippen LogP contribution in [0.15, 0.2) is 22.6 Å². The van der Waals surface area contributed by atoms with Crippen LogP contribution in [0.25, 0.3) is 0 Å². The number of rotatable bonds is 4. The lowest BCUT2D eigenvalue weighted by molar-refractivity contribution is 0.0973. The van der Waals surface area contributed by atoms with E-state index < -0.39 is 0 Å². The number of aryl methyl sites for hydroxylation is 1. The summed E-state index contributed by atoms with van der Waals surface area (Å²) < 4.78 is 17.9. The van der Waals surface area contributed by atoms with Gasteiger partial charge in [0.05, 0.1) is 6.67 Å². The molecule has 7 nitrogen and oxygen atoms in total. The monoisotopic (exact) mass is 348 g/mol. The van der Waals surface area contributed by atoms with Gasteiger partial charge < -0.3 is 13.9 Å². The Morgan fingerprint density at radius 1 is 1.08 bits per heavy atom. The molecule has 1 fully saturated rings. The van der Waals surface area contributed by atoms with Crippen LogP contribution in [0.3, 0.4) is 0 Å². The van der Waals surface area contributed by atoms with Gasteiger partial charge in [-0.3, -0.25) is 9.80 Å². The van der Waals surface area contributed by atoms with E-state index in [9.17, 15) is 0 Å². The van der Waals surface area contributed by atoms with Crippen molar-refractivity contribution in [3.8, 4) is 11.5 Å². The zero-order chi connectivity index (χ0) is 16.5. The van der Waals surface area contributed by atoms with Crippen molar-refractivity contribution in [3.05, 3.63) is 34.5 Å². The predicted molar refractivity (Wildman–Crippen MR) is 89.5 cm³/mol. The standard InChI is InChI=1S/C16H20N4O3S/c1-12-17-20(16(24)23-12)10-19-6-4-18(5-7-19)9-13-2-3-14-15(8-13)22-11-21-14/h2-3,8H,4-7,9-11H2,1H3. The third kappa shape index (κ3) is 3.31. The molecule has 0 unspecified atom stereocenters. The first kappa shape index (κ1) is 15.6. The molecule has 2 aromatic rings. The molecule has 1 aromatic heterocycles. The molecule has 4 rings (SSSR count). The Morgan fingerprint density at radius 3 is 2.58 bits per heavy atom. The quantitative estimate of drug-likeness (QED) is 0.784. The van der Waals surface area contributed by atoms with Crippen molar-refractivity contribution in [1.82, 2.24) is 19.6 Å². The van der Waals surface area contributed by atoms with Crippen LogP contribution in [0.1, 0.15) is 11.5 Å². The summed E-state index contributed by atoms with van der Waals surface area (Å²) >= 11 is 5.17. The number of aromatic nitrogens is 2. The second-order valence-electron chi connectivity index (χ2n) is 6.11. The van der Waals surface area contributed by atoms with Gasteiger partial charge in [0.15, 0.2) is 11.5 Å². The Labute approximate surface area is 145 Å². The van der Waals surface area contributed by atoms with Crippen LogP contribution in [0.4, 0.5) is 0 Å². The largest absolute Gasteiger partial charge is 0.454 e. The minimum Gasteiger partial charge on any atom is -0.454 e. The van der Waals surface area contributed by atoms with Crippen LogP contribution in [0.2, 0.25) is 0 Å². The summed E-state index contributed by atoms with van der Waals surface area (Å²) in [5.41, 5.74) is 1.25. The fourth-order valence-electron chi connectivity index (χ4n) is 3.08. The molecule has 0 N–H and O–H groups in total. The molecule has 8 heteroatoms. The van der Waals surface area contributed by atoms with Crippen LogP contribution >= 0.6 is 12.2 Å². The van der Waals surface area contributed by atoms with Crippen molar-refractivity contribution in [1.29, 1.82) is 0 Å². The fourth-order valence-corrected chi connectivity index (χ4v) is 3.29. The molecule has 24 heavy (non-hydrogen) atoms. The lowest BCUT2D eigenvalue weighted by atomic mass is 10.1. The Balaban J connectivity index is 1.31. The number of ether oxygens (including phenoxy) is 2. The third-order valence-corrected chi connectivity index (χ3v) is 4.64. The predicted octanol–water partition coefficient (Wildman–Crippen LogP) is 2.02. The van der Waals surface area contributed by atoms with E-state index in [1.807, 2.05) is 13.0 Å². The van der Waals surface area contributed by atoms with E-state index in [1.54, 1.807) is 4.68 Å². The molecule has 0 aliphatic carbocycles. The van der Waals surface area contributed by atoms with Gasteiger partial charge in [-0.05, 0) is 29.9 Å². The van der Waals surface area contributed by atoms with E-state index in [2.05, 4.69) is 27.0 Å². The summed E-state index contributed by atoms with van der Waals surface area (Å²) in [5, 5.41) is 4.29. The van der Waals surface area contributed by atoms with Crippen LogP contribution in [-0.4, -0.2) is 52.6 Å². The number of hydrogen-bond acceptors (Lipinski definition) is 7. The molecule has 0 saturated carbocycles. The maximum Gasteiger partial charge on any atom is 0.288 e. The second-order valence-corrected chi connectivity index (χ2v) is 6.46. The number of piperazine rings is 1. The molecule has 0 radical (unpaired) electrons. The van der Waals surface area contributed by atoms with Crippen molar-refractivity contribution in [3.63, 3.8) is 0 Å². The highest BCUT2D eigenvalue weighted by molar-refractivity contribution is 7.71. The summed E-state index contributed by atoms with van der Waals surface area (Å²) in [6, 6.07) is 6.17. The first-order valence-corrected chi connectivity index (χ1v) is 8.46. The maximum atomic E-state index is 5.45. The molecule has 0 bridgehead atoms. The van der Waals surface area contributed by atoms with E-state index in [0.29, 0.717) is 24.2 Å². The Hall–Kier alpha value is -1.90. The molecule has 2 aliphatic rings. The zero-order valence-corrected chi connectivity index (χ0v) is 14.4. The SMILES string of the molecule is Cc1nn(CN2CCN(Cc3ccc4c(c3)OCO4)CC2)c(=S)o1. The summed E-state index contributed by atoms with van der Waals surface area (Å²) in [5.74, 6) is 2.30. The maximum absolute atomic E-state index is 5.45. The van der Waals surface area contributed by atoms with Gasteiger partial charge in [0.1, 0.15) is 0 Å². The Bertz CT molecular complexity index is 780. The molecule has 1 aromatic carbocycles. The van der Waals surface area contributed by atoms with Gasteiger partial charge in [-0.25, -0.2) is 4.68 Å². The summed E-state index contributed by atoms with van der Waals surface area (Å²) in [4.78, 5) is 5.23. The van der Waals surface area contributed by atoms with Gasteiger partial charge >= 0.3 is 0 Å². The Morgan fingerprint density at radius 2 is 1.83 bits per heavy atom. The molecule has 0 atom stereocenters. The van der Waals surface area contributed by atoms with Gasteiger partial charge in [-0.1, -0.05) is 6.07 Å². The zero-order valence-electron chi connectivity index (χ0n) is 13.6. The van der Waals surface area contributed by atoms with Crippen molar-refractivity contribution >= 4 is 12.2 Å². The number of benzene rings is 1. The van der Waals surface area contributed by atoms with E-state index in [-0.39, 0.29) is 0 Å². The van der Waals surface area contributed by atoms with E-state index in [4.69, 9.17) is 26.1 Å². The molecular formula is C16H20N4O3S. The van der Waals surface area contributed by atoms with Crippen LogP contribution in [0.5, 0.6) is 11.5 Å². The van der Waals surface area contributed by atoms with Crippen molar-refractivity contribution < 1.29 is 13.9 Å². The average Bonchev–Trinajstić information content (AvgIpc) is 3.15. The summed E-state index contributed by atoms with van der Waals surface area (Å²) in [6.45, 7) is 7.74. The van der Waals surface area contributed by atoms with Gasteiger partial charge in [0, 0.05) is 39.6 Å². The van der Waals surface area contributed by atoms with E-state index in [0.717, 1.165) is 44.2 Å². The van der Waals surface area contributed by atoms with Crippen molar-refractivity contribution in [2.24, 2.45) is 0 Å². The van der Waals surface area contributed by atoms with E-state index in [1.165, 1.54) is 5.56 Å². The van der Waals surface area contributed by atoms with Crippen LogP contribution in [-0.2, 0) is 13.2 Å². The minimum absolute atomic E-state index is 0.321.